The summed E-state index contributed by atoms with van der Waals surface area (Å²) in [5.41, 5.74) is 0. The van der Waals surface area contributed by atoms with Crippen LogP contribution >= 0.6 is 0 Å². The molecule has 19 nitrogen and oxygen atoms in total. The van der Waals surface area contributed by atoms with Gasteiger partial charge in [-0.1, -0.05) is 0 Å². The molecule has 0 spiro atoms. The van der Waals surface area contributed by atoms with Crippen LogP contribution in [-0.2, 0) is 33.4 Å². The molecule has 0 bridgehead atoms. The molecular weight excluding hydrogens is 564 g/mol. The Labute approximate surface area is 231 Å². The second-order valence-electron chi connectivity index (χ2n) is 9.88. The van der Waals surface area contributed by atoms with Gasteiger partial charge in [-0.25, -0.2) is 9.59 Å². The van der Waals surface area contributed by atoms with Crippen LogP contribution in [0.25, 0.3) is 0 Å². The van der Waals surface area contributed by atoms with E-state index in [0.717, 1.165) is 13.8 Å². The first-order valence-corrected chi connectivity index (χ1v) is 12.3. The summed E-state index contributed by atoms with van der Waals surface area (Å²) < 4.78 is 15.9. The largest absolute Gasteiger partial charge is 0.477 e. The molecule has 12 N–H and O–H groups in total. The quantitative estimate of drug-likeness (QED) is 0.0990. The van der Waals surface area contributed by atoms with Gasteiger partial charge in [-0.15, -0.1) is 0 Å². The summed E-state index contributed by atoms with van der Waals surface area (Å²) in [7, 11) is 0. The van der Waals surface area contributed by atoms with E-state index >= 15 is 0 Å². The van der Waals surface area contributed by atoms with Gasteiger partial charge < -0.3 is 75.9 Å². The first kappa shape index (κ1) is 34.6. The first-order chi connectivity index (χ1) is 18.9. The predicted molar refractivity (Wildman–Crippen MR) is 126 cm³/mol. The van der Waals surface area contributed by atoms with Crippen LogP contribution in [0.4, 0.5) is 0 Å². The van der Waals surface area contributed by atoms with Crippen molar-refractivity contribution in [3.63, 3.8) is 0 Å². The molecule has 2 saturated heterocycles. The maximum Gasteiger partial charge on any atom is 0.364 e. The molecule has 0 radical (unpaired) electrons. The Kier molecular flexibility index (Phi) is 11.5. The van der Waals surface area contributed by atoms with Crippen molar-refractivity contribution >= 4 is 23.8 Å². The molecule has 0 saturated carbocycles. The van der Waals surface area contributed by atoms with E-state index in [2.05, 4.69) is 10.6 Å². The number of hydrogen-bond donors (Lipinski definition) is 12. The van der Waals surface area contributed by atoms with Gasteiger partial charge in [-0.3, -0.25) is 9.59 Å². The summed E-state index contributed by atoms with van der Waals surface area (Å²) in [5.74, 6) is -11.7. The van der Waals surface area contributed by atoms with Crippen LogP contribution < -0.4 is 10.6 Å². The fourth-order valence-electron chi connectivity index (χ4n) is 4.73. The minimum absolute atomic E-state index is 0.760. The fourth-order valence-corrected chi connectivity index (χ4v) is 4.73. The lowest BCUT2D eigenvalue weighted by Crippen LogP contribution is -2.70. The number of nitrogens with one attached hydrogen (secondary N) is 2. The molecule has 2 rings (SSSR count). The Morgan fingerprint density at radius 1 is 0.829 bits per heavy atom. The number of carboxylic acids is 2. The van der Waals surface area contributed by atoms with Crippen molar-refractivity contribution in [2.75, 3.05) is 13.2 Å². The van der Waals surface area contributed by atoms with Crippen molar-refractivity contribution in [3.8, 4) is 0 Å². The highest BCUT2D eigenvalue weighted by molar-refractivity contribution is 5.77. The van der Waals surface area contributed by atoms with Crippen LogP contribution in [0.15, 0.2) is 0 Å². The van der Waals surface area contributed by atoms with E-state index in [9.17, 15) is 70.2 Å². The molecular formula is C22H36N2O17. The number of amides is 2. The minimum atomic E-state index is -3.09. The second-order valence-corrected chi connectivity index (χ2v) is 9.88. The number of hydrogen-bond acceptors (Lipinski definition) is 15. The molecule has 2 aliphatic rings. The fraction of sp³-hybridized carbons (Fsp3) is 0.818. The van der Waals surface area contributed by atoms with Crippen LogP contribution in [0.2, 0.25) is 0 Å². The maximum atomic E-state index is 12.4. The van der Waals surface area contributed by atoms with Gasteiger partial charge in [0, 0.05) is 26.7 Å². The average molecular weight is 601 g/mol. The topological polar surface area (TPSA) is 322 Å². The van der Waals surface area contributed by atoms with Crippen molar-refractivity contribution in [1.29, 1.82) is 0 Å². The Bertz CT molecular complexity index is 968. The van der Waals surface area contributed by atoms with Crippen molar-refractivity contribution in [2.45, 2.75) is 99.2 Å². The van der Waals surface area contributed by atoms with Crippen LogP contribution in [0, 0.1) is 0 Å². The Morgan fingerprint density at radius 3 is 1.73 bits per heavy atom. The highest BCUT2D eigenvalue weighted by Crippen LogP contribution is 2.37. The van der Waals surface area contributed by atoms with E-state index in [-0.39, 0.29) is 0 Å². The maximum absolute atomic E-state index is 12.4. The van der Waals surface area contributed by atoms with Crippen molar-refractivity contribution in [2.24, 2.45) is 0 Å². The molecule has 2 fully saturated rings. The summed E-state index contributed by atoms with van der Waals surface area (Å²) in [6, 6.07) is -3.17. The Morgan fingerprint density at radius 2 is 1.32 bits per heavy atom. The molecule has 2 amide bonds. The zero-order chi connectivity index (χ0) is 31.4. The molecule has 0 aromatic heterocycles. The van der Waals surface area contributed by atoms with Crippen LogP contribution in [0.1, 0.15) is 26.7 Å². The van der Waals surface area contributed by atoms with Crippen LogP contribution in [-0.4, -0.2) is 161 Å². The smallest absolute Gasteiger partial charge is 0.364 e. The normalized spacial score (nSPS) is 36.8. The molecule has 1 unspecified atom stereocenters. The molecule has 236 valence electrons. The first-order valence-electron chi connectivity index (χ1n) is 12.3. The van der Waals surface area contributed by atoms with E-state index in [0.29, 0.717) is 0 Å². The van der Waals surface area contributed by atoms with Crippen LogP contribution in [0.5, 0.6) is 0 Å². The number of rotatable bonds is 12. The standard InChI is InChI=1S/C22H36N2O17/c1-7(27)23-13-9(29)3-21(38,19(34)35)40-18(13)16(33)12(6-26)39-22(20(36)37)4-10(30)14(24-8(2)28)17(41-22)15(32)11(31)5-25/h9-18,25-26,29-33,38H,3-6H2,1-2H3,(H,23,27)(H,24,28)(H,34,35)(H,36,37)/t9-,10-,11+,12+,13+,14+,15+,16+,17+,18+,21?,22+/m0/s1. The third-order valence-corrected chi connectivity index (χ3v) is 6.72. The Balaban J connectivity index is 2.49. The summed E-state index contributed by atoms with van der Waals surface area (Å²) >= 11 is 0. The summed E-state index contributed by atoms with van der Waals surface area (Å²) in [4.78, 5) is 47.4. The van der Waals surface area contributed by atoms with Gasteiger partial charge >= 0.3 is 11.9 Å². The van der Waals surface area contributed by atoms with Gasteiger partial charge in [-0.05, 0) is 0 Å². The highest BCUT2D eigenvalue weighted by Gasteiger charge is 2.59. The zero-order valence-electron chi connectivity index (χ0n) is 21.9. The van der Waals surface area contributed by atoms with Crippen molar-refractivity contribution in [3.05, 3.63) is 0 Å². The molecule has 12 atom stereocenters. The van der Waals surface area contributed by atoms with Crippen molar-refractivity contribution < 1.29 is 84.5 Å². The molecule has 2 aliphatic heterocycles. The molecule has 0 aromatic carbocycles. The minimum Gasteiger partial charge on any atom is -0.477 e. The number of carbonyl (C=O) groups excluding carboxylic acids is 2. The van der Waals surface area contributed by atoms with Gasteiger partial charge in [0.05, 0.1) is 37.5 Å². The number of carboxylic acid groups (broad SMARTS) is 2. The van der Waals surface area contributed by atoms with E-state index < -0.39 is 122 Å². The van der Waals surface area contributed by atoms with Crippen molar-refractivity contribution in [1.82, 2.24) is 10.6 Å². The second kappa shape index (κ2) is 13.6. The highest BCUT2D eigenvalue weighted by atomic mass is 16.7. The third-order valence-electron chi connectivity index (χ3n) is 6.72. The summed E-state index contributed by atoms with van der Waals surface area (Å²) in [6.07, 6.45) is -18.2. The number of aliphatic hydroxyl groups excluding tert-OH is 7. The number of carbonyl (C=O) groups is 4. The zero-order valence-corrected chi connectivity index (χ0v) is 21.9. The van der Waals surface area contributed by atoms with Gasteiger partial charge in [0.25, 0.3) is 11.6 Å². The average Bonchev–Trinajstić information content (AvgIpc) is 2.88. The van der Waals surface area contributed by atoms with E-state index in [4.69, 9.17) is 14.2 Å². The monoisotopic (exact) mass is 600 g/mol. The van der Waals surface area contributed by atoms with Crippen LogP contribution in [0.3, 0.4) is 0 Å². The summed E-state index contributed by atoms with van der Waals surface area (Å²) in [6.45, 7) is -0.288. The molecule has 0 aliphatic carbocycles. The lowest BCUT2D eigenvalue weighted by molar-refractivity contribution is -0.342. The molecule has 41 heavy (non-hydrogen) atoms. The van der Waals surface area contributed by atoms with Gasteiger partial charge in [-0.2, -0.15) is 0 Å². The molecule has 19 heteroatoms. The number of aliphatic hydroxyl groups is 8. The van der Waals surface area contributed by atoms with Gasteiger partial charge in [0.2, 0.25) is 11.8 Å². The number of ether oxygens (including phenoxy) is 3. The lowest BCUT2D eigenvalue weighted by atomic mass is 9.87. The summed E-state index contributed by atoms with van der Waals surface area (Å²) in [5, 5.41) is 106. The lowest BCUT2D eigenvalue weighted by Gasteiger charge is -2.49. The van der Waals surface area contributed by atoms with Gasteiger partial charge in [0.1, 0.15) is 36.6 Å². The molecule has 2 heterocycles. The Hall–Kier alpha value is -2.56. The van der Waals surface area contributed by atoms with E-state index in [1.807, 2.05) is 0 Å². The third kappa shape index (κ3) is 7.64. The van der Waals surface area contributed by atoms with E-state index in [1.165, 1.54) is 0 Å². The predicted octanol–water partition coefficient (Wildman–Crippen LogP) is -6.70. The molecule has 0 aromatic rings. The van der Waals surface area contributed by atoms with E-state index in [1.54, 1.807) is 0 Å². The SMILES string of the molecule is CC(=O)N[C@H]1[C@H]([C@H](O)[C@H](O)CO)O[C@@](O[C@H](CO)[C@@H](O)[C@@H]2OC(O)(C(=O)O)C[C@H](O)[C@H]2NC(C)=O)(C(=O)O)C[C@@H]1O. The number of aliphatic carboxylic acids is 2. The van der Waals surface area contributed by atoms with Gasteiger partial charge in [0.15, 0.2) is 0 Å².